The molecule has 4 aliphatic heterocycles. The zero-order valence-corrected chi connectivity index (χ0v) is 46.8. The number of nitrogens with one attached hydrogen (secondary N) is 4. The summed E-state index contributed by atoms with van der Waals surface area (Å²) in [5, 5.41) is 43.6. The van der Waals surface area contributed by atoms with Crippen molar-refractivity contribution in [2.75, 3.05) is 6.54 Å². The predicted molar refractivity (Wildman–Crippen MR) is 292 cm³/mol. The number of phenolic OH excluding ortho intramolecular Hbond substituents is 1. The minimum atomic E-state index is -1.19. The van der Waals surface area contributed by atoms with E-state index in [9.17, 15) is 44.1 Å². The number of ether oxygens (including phenoxy) is 2. The van der Waals surface area contributed by atoms with Crippen molar-refractivity contribution in [3.63, 3.8) is 0 Å². The van der Waals surface area contributed by atoms with Crippen molar-refractivity contribution in [3.8, 4) is 5.75 Å². The molecular formula is C60H89N5O11. The van der Waals surface area contributed by atoms with Crippen LogP contribution in [0.3, 0.4) is 0 Å². The number of hydrogen-bond acceptors (Lipinski definition) is 12. The van der Waals surface area contributed by atoms with E-state index in [0.717, 1.165) is 24.0 Å². The minimum Gasteiger partial charge on any atom is -0.508 e. The molecule has 14 atom stereocenters. The fourth-order valence-electron chi connectivity index (χ4n) is 10.9. The normalized spacial score (nSPS) is 31.7. The fraction of sp³-hybridized carbons (Fsp3) is 0.633. The van der Waals surface area contributed by atoms with Gasteiger partial charge in [0.15, 0.2) is 5.72 Å². The Morgan fingerprint density at radius 1 is 0.987 bits per heavy atom. The molecule has 0 radical (unpaired) electrons. The van der Waals surface area contributed by atoms with Gasteiger partial charge in [-0.1, -0.05) is 109 Å². The van der Waals surface area contributed by atoms with Crippen LogP contribution in [0.15, 0.2) is 84.0 Å². The van der Waals surface area contributed by atoms with E-state index in [2.05, 4.69) is 41.3 Å². The lowest BCUT2D eigenvalue weighted by Gasteiger charge is -2.51. The van der Waals surface area contributed by atoms with Gasteiger partial charge in [0, 0.05) is 50.0 Å². The Labute approximate surface area is 451 Å². The van der Waals surface area contributed by atoms with Gasteiger partial charge >= 0.3 is 5.97 Å². The second kappa shape index (κ2) is 28.8. The van der Waals surface area contributed by atoms with Gasteiger partial charge in [-0.15, -0.1) is 0 Å². The first kappa shape index (κ1) is 61.4. The zero-order valence-electron chi connectivity index (χ0n) is 46.8. The maximum absolute atomic E-state index is 14.5. The largest absolute Gasteiger partial charge is 0.508 e. The molecule has 0 aromatic heterocycles. The Hall–Kier alpha value is -5.42. The van der Waals surface area contributed by atoms with E-state index in [0.29, 0.717) is 50.5 Å². The average molecular weight is 1060 g/mol. The Morgan fingerprint density at radius 2 is 1.71 bits per heavy atom. The van der Waals surface area contributed by atoms with E-state index >= 15 is 0 Å². The number of aliphatic hydroxyl groups excluding tert-OH is 2. The maximum Gasteiger partial charge on any atom is 0.325 e. The summed E-state index contributed by atoms with van der Waals surface area (Å²) in [5.74, 6) is -4.22. The molecule has 2 fully saturated rings. The number of benzene rings is 1. The number of fused-ring (bicyclic) bond motifs is 2. The lowest BCUT2D eigenvalue weighted by molar-refractivity contribution is -0.179. The lowest BCUT2D eigenvalue weighted by Crippen LogP contribution is -2.64. The number of aromatic hydroxyl groups is 1. The van der Waals surface area contributed by atoms with E-state index in [4.69, 9.17) is 9.47 Å². The van der Waals surface area contributed by atoms with E-state index in [1.54, 1.807) is 26.0 Å². The van der Waals surface area contributed by atoms with E-state index in [-0.39, 0.29) is 73.0 Å². The third-order valence-corrected chi connectivity index (χ3v) is 16.0. The van der Waals surface area contributed by atoms with E-state index in [1.807, 2.05) is 77.2 Å². The highest BCUT2D eigenvalue weighted by Crippen LogP contribution is 2.43. The number of aliphatic hydroxyl groups is 2. The van der Waals surface area contributed by atoms with Gasteiger partial charge in [0.25, 0.3) is 5.91 Å². The number of rotatable bonds is 15. The smallest absolute Gasteiger partial charge is 0.325 e. The quantitative estimate of drug-likeness (QED) is 0.0518. The Balaban J connectivity index is 1.33. The monoisotopic (exact) mass is 1060 g/mol. The van der Waals surface area contributed by atoms with Crippen molar-refractivity contribution in [1.29, 1.82) is 0 Å². The maximum atomic E-state index is 14.5. The van der Waals surface area contributed by atoms with E-state index < -0.39 is 83.6 Å². The first-order valence-corrected chi connectivity index (χ1v) is 27.9. The number of allylic oxidation sites excluding steroid dienone is 6. The van der Waals surface area contributed by atoms with Crippen LogP contribution < -0.4 is 21.4 Å². The van der Waals surface area contributed by atoms with Gasteiger partial charge in [0.1, 0.15) is 35.8 Å². The molecular weight excluding hydrogens is 967 g/mol. The number of nitrogens with zero attached hydrogens (tertiary/aromatic N) is 1. The molecule has 1 spiro atoms. The Bertz CT molecular complexity index is 2330. The average Bonchev–Trinajstić information content (AvgIpc) is 3.37. The van der Waals surface area contributed by atoms with Crippen LogP contribution in [0.4, 0.5) is 0 Å². The molecule has 4 heterocycles. The standard InChI is InChI=1S/C60H89N5O11/c1-11-45-32-42(9)60(63-55(45)70)41(8)31-40(7)52(76-60)35-50(68)37(4)21-16-14-17-22-38(5)51-27-18-13-12-15-23-39(6)54(69)47(29-28-43(10)66)56(71)62-53(36(2)3)57(72)61-49(34-44-24-19-25-46(67)33-44)58(73)65-30-20-26-48(64-65)59(74)75-51/h12-15,17-19,22,24-25,31,33,36-37,39-40,42,45,47-54,64,67-69H,11,16,20-21,23,26-30,32,34-35H2,1-10H3,(H,61,72)(H,62,71)(H,63,70). The number of carbonyl (C=O) groups excluding carboxylic acids is 6. The second-order valence-electron chi connectivity index (χ2n) is 22.6. The summed E-state index contributed by atoms with van der Waals surface area (Å²) in [7, 11) is 0. The van der Waals surface area contributed by atoms with Gasteiger partial charge in [-0.05, 0) is 119 Å². The third-order valence-electron chi connectivity index (χ3n) is 16.0. The van der Waals surface area contributed by atoms with Crippen LogP contribution in [0.25, 0.3) is 0 Å². The van der Waals surface area contributed by atoms with Crippen LogP contribution in [0, 0.1) is 41.4 Å². The van der Waals surface area contributed by atoms with Crippen LogP contribution in [0.2, 0.25) is 0 Å². The molecule has 2 bridgehead atoms. The van der Waals surface area contributed by atoms with Gasteiger partial charge in [0.05, 0.1) is 24.2 Å². The number of ketones is 1. The summed E-state index contributed by atoms with van der Waals surface area (Å²) in [6, 6.07) is 3.16. The lowest BCUT2D eigenvalue weighted by atomic mass is 9.75. The van der Waals surface area contributed by atoms with Crippen LogP contribution >= 0.6 is 0 Å². The molecule has 7 N–H and O–H groups in total. The van der Waals surface area contributed by atoms with Gasteiger partial charge in [-0.2, -0.15) is 0 Å². The van der Waals surface area contributed by atoms with Crippen molar-refractivity contribution < 1.29 is 53.6 Å². The number of esters is 1. The number of hydrazine groups is 1. The molecule has 1 aromatic rings. The number of piperidine rings is 1. The van der Waals surface area contributed by atoms with Gasteiger partial charge < -0.3 is 45.5 Å². The van der Waals surface area contributed by atoms with Crippen molar-refractivity contribution in [1.82, 2.24) is 26.4 Å². The molecule has 420 valence electrons. The van der Waals surface area contributed by atoms with Crippen molar-refractivity contribution >= 4 is 35.4 Å². The summed E-state index contributed by atoms with van der Waals surface area (Å²) in [4.78, 5) is 82.0. The summed E-state index contributed by atoms with van der Waals surface area (Å²) in [6.45, 7) is 19.2. The van der Waals surface area contributed by atoms with Crippen molar-refractivity contribution in [2.24, 2.45) is 41.4 Å². The molecule has 5 rings (SSSR count). The number of phenols is 1. The first-order valence-electron chi connectivity index (χ1n) is 27.9. The second-order valence-corrected chi connectivity index (χ2v) is 22.6. The Kier molecular flexibility index (Phi) is 23.3. The van der Waals surface area contributed by atoms with Crippen LogP contribution in [0.5, 0.6) is 5.75 Å². The molecule has 16 nitrogen and oxygen atoms in total. The Morgan fingerprint density at radius 3 is 2.39 bits per heavy atom. The summed E-state index contributed by atoms with van der Waals surface area (Å²) in [6.07, 6.45) is 17.8. The summed E-state index contributed by atoms with van der Waals surface area (Å²) >= 11 is 0. The topological polar surface area (TPSA) is 233 Å². The first-order chi connectivity index (χ1) is 36.0. The predicted octanol–water partition coefficient (Wildman–Crippen LogP) is 7.39. The molecule has 2 saturated heterocycles. The molecule has 0 aliphatic carbocycles. The van der Waals surface area contributed by atoms with Gasteiger partial charge in [-0.25, -0.2) is 5.43 Å². The number of carbonyl (C=O) groups is 6. The minimum absolute atomic E-state index is 0.0169. The van der Waals surface area contributed by atoms with Gasteiger partial charge in [-0.3, -0.25) is 29.0 Å². The zero-order chi connectivity index (χ0) is 55.9. The van der Waals surface area contributed by atoms with Gasteiger partial charge in [0.2, 0.25) is 17.7 Å². The number of amides is 4. The highest BCUT2D eigenvalue weighted by Gasteiger charge is 2.51. The molecule has 1 aromatic carbocycles. The van der Waals surface area contributed by atoms with Crippen LogP contribution in [-0.4, -0.2) is 111 Å². The van der Waals surface area contributed by atoms with Crippen LogP contribution in [-0.2, 0) is 44.7 Å². The molecule has 4 amide bonds. The molecule has 4 aliphatic rings. The summed E-state index contributed by atoms with van der Waals surface area (Å²) in [5.41, 5.74) is 4.56. The van der Waals surface area contributed by atoms with Crippen LogP contribution in [0.1, 0.15) is 145 Å². The molecule has 0 saturated carbocycles. The number of hydrogen-bond donors (Lipinski definition) is 7. The van der Waals surface area contributed by atoms with E-state index in [1.165, 1.54) is 24.1 Å². The molecule has 16 heteroatoms. The third kappa shape index (κ3) is 16.8. The highest BCUT2D eigenvalue weighted by molar-refractivity contribution is 5.93. The van der Waals surface area contributed by atoms with Crippen molar-refractivity contribution in [3.05, 3.63) is 89.6 Å². The SMILES string of the molecule is CCC1CC(C)C2(NC1=O)OC(CC(O)C(C)CCC=CC=C(C)C1CC=CC=CCC(C)C(O)C(CCC(C)=O)C(=O)NC(C(C)C)C(=O)NC(Cc3cccc(O)c3)C(=O)N3CCCC(N3)C(=O)O1)C(C)C=C2C. The number of cyclic esters (lactones) is 1. The molecule has 76 heavy (non-hydrogen) atoms. The summed E-state index contributed by atoms with van der Waals surface area (Å²) < 4.78 is 13.0. The fourth-order valence-corrected chi connectivity index (χ4v) is 10.9. The number of Topliss-reactive ketones (excluding diaryl/α,β-unsaturated/α-hetero) is 1. The highest BCUT2D eigenvalue weighted by atomic mass is 16.5. The molecule has 14 unspecified atom stereocenters. The van der Waals surface area contributed by atoms with Crippen molar-refractivity contribution in [2.45, 2.75) is 195 Å².